The normalized spacial score (nSPS) is 15.4. The number of nitrogens with zero attached hydrogens (tertiary/aromatic N) is 4. The summed E-state index contributed by atoms with van der Waals surface area (Å²) in [6, 6.07) is 17.1. The van der Waals surface area contributed by atoms with Crippen LogP contribution in [0.5, 0.6) is 0 Å². The molecule has 1 saturated heterocycles. The van der Waals surface area contributed by atoms with Gasteiger partial charge in [-0.2, -0.15) is 18.3 Å². The number of hydrogen-bond donors (Lipinski definition) is 1. The lowest BCUT2D eigenvalue weighted by atomic mass is 10.1. The number of halogens is 3. The van der Waals surface area contributed by atoms with Crippen molar-refractivity contribution in [2.75, 3.05) is 32.7 Å². The van der Waals surface area contributed by atoms with Gasteiger partial charge in [0, 0.05) is 38.4 Å². The molecule has 9 heteroatoms. The van der Waals surface area contributed by atoms with Crippen molar-refractivity contribution in [3.05, 3.63) is 83.2 Å². The molecular formula is C25H28F3N5O. The highest BCUT2D eigenvalue weighted by molar-refractivity contribution is 5.78. The maximum absolute atomic E-state index is 12.7. The van der Waals surface area contributed by atoms with E-state index in [-0.39, 0.29) is 5.91 Å². The van der Waals surface area contributed by atoms with Crippen molar-refractivity contribution in [2.24, 2.45) is 0 Å². The minimum atomic E-state index is -4.31. The molecule has 0 atom stereocenters. The first-order chi connectivity index (χ1) is 16.3. The van der Waals surface area contributed by atoms with E-state index in [9.17, 15) is 18.0 Å². The number of rotatable bonds is 7. The van der Waals surface area contributed by atoms with Crippen LogP contribution in [0.4, 0.5) is 13.2 Å². The lowest BCUT2D eigenvalue weighted by Gasteiger charge is -2.34. The highest BCUT2D eigenvalue weighted by Gasteiger charge is 2.30. The number of carbonyl (C=O) groups is 1. The molecule has 180 valence electrons. The molecule has 2 aromatic carbocycles. The highest BCUT2D eigenvalue weighted by Crippen LogP contribution is 2.29. The molecular weight excluding hydrogens is 443 g/mol. The van der Waals surface area contributed by atoms with Gasteiger partial charge >= 0.3 is 6.18 Å². The monoisotopic (exact) mass is 471 g/mol. The average molecular weight is 472 g/mol. The summed E-state index contributed by atoms with van der Waals surface area (Å²) >= 11 is 0. The second-order valence-electron chi connectivity index (χ2n) is 8.55. The van der Waals surface area contributed by atoms with Crippen LogP contribution in [0.3, 0.4) is 0 Å². The van der Waals surface area contributed by atoms with Crippen LogP contribution in [0, 0.1) is 6.92 Å². The Morgan fingerprint density at radius 1 is 0.971 bits per heavy atom. The molecule has 1 N–H and O–H groups in total. The number of aryl methyl sites for hydroxylation is 1. The van der Waals surface area contributed by atoms with Crippen molar-refractivity contribution in [3.63, 3.8) is 0 Å². The van der Waals surface area contributed by atoms with Gasteiger partial charge in [-0.3, -0.25) is 14.6 Å². The molecule has 0 bridgehead atoms. The summed E-state index contributed by atoms with van der Waals surface area (Å²) in [7, 11) is 0. The summed E-state index contributed by atoms with van der Waals surface area (Å²) in [5, 5.41) is 7.53. The van der Waals surface area contributed by atoms with Crippen LogP contribution in [-0.4, -0.2) is 58.2 Å². The van der Waals surface area contributed by atoms with Gasteiger partial charge in [0.05, 0.1) is 30.0 Å². The molecule has 1 aromatic heterocycles. The number of benzene rings is 2. The first-order valence-corrected chi connectivity index (χ1v) is 11.3. The van der Waals surface area contributed by atoms with E-state index in [1.807, 2.05) is 48.0 Å². The minimum absolute atomic E-state index is 0.0527. The van der Waals surface area contributed by atoms with Crippen LogP contribution in [0.25, 0.3) is 5.69 Å². The van der Waals surface area contributed by atoms with E-state index in [0.717, 1.165) is 61.0 Å². The summed E-state index contributed by atoms with van der Waals surface area (Å²) in [5.74, 6) is -0.0527. The predicted octanol–water partition coefficient (Wildman–Crippen LogP) is 3.63. The van der Waals surface area contributed by atoms with Gasteiger partial charge in [0.15, 0.2) is 0 Å². The van der Waals surface area contributed by atoms with E-state index >= 15 is 0 Å². The molecule has 2 heterocycles. The summed E-state index contributed by atoms with van der Waals surface area (Å²) in [5.41, 5.74) is 3.00. The fraction of sp³-hybridized carbons (Fsp3) is 0.360. The molecule has 1 fully saturated rings. The molecule has 0 spiro atoms. The third-order valence-corrected chi connectivity index (χ3v) is 5.93. The predicted molar refractivity (Wildman–Crippen MR) is 123 cm³/mol. The van der Waals surface area contributed by atoms with Gasteiger partial charge in [0.2, 0.25) is 5.91 Å². The van der Waals surface area contributed by atoms with Crippen molar-refractivity contribution in [1.82, 2.24) is 24.9 Å². The molecule has 0 radical (unpaired) electrons. The maximum Gasteiger partial charge on any atom is 0.416 e. The van der Waals surface area contributed by atoms with Crippen molar-refractivity contribution < 1.29 is 18.0 Å². The van der Waals surface area contributed by atoms with Gasteiger partial charge in [-0.25, -0.2) is 4.68 Å². The minimum Gasteiger partial charge on any atom is -0.349 e. The Hall–Kier alpha value is -3.17. The third kappa shape index (κ3) is 6.24. The standard InChI is InChI=1S/C25H28F3N5O/c1-19-15-22(30-33(19)23-5-3-2-4-6-23)16-29-24(34)18-32-13-11-31(12-14-32)17-20-7-9-21(10-8-20)25(26,27)28/h2-10,15H,11-14,16-18H2,1H3,(H,29,34). The van der Waals surface area contributed by atoms with E-state index in [4.69, 9.17) is 0 Å². The van der Waals surface area contributed by atoms with E-state index in [1.165, 1.54) is 12.1 Å². The number of amides is 1. The zero-order chi connectivity index (χ0) is 24.1. The van der Waals surface area contributed by atoms with Crippen molar-refractivity contribution in [3.8, 4) is 5.69 Å². The average Bonchev–Trinajstić information content (AvgIpc) is 3.20. The largest absolute Gasteiger partial charge is 0.416 e. The van der Waals surface area contributed by atoms with Crippen molar-refractivity contribution >= 4 is 5.91 Å². The van der Waals surface area contributed by atoms with Crippen molar-refractivity contribution in [1.29, 1.82) is 0 Å². The number of hydrogen-bond acceptors (Lipinski definition) is 4. The number of para-hydroxylation sites is 1. The first kappa shape index (κ1) is 24.0. The van der Waals surface area contributed by atoms with E-state index in [2.05, 4.69) is 20.2 Å². The quantitative estimate of drug-likeness (QED) is 0.572. The molecule has 1 aliphatic rings. The Balaban J connectivity index is 1.20. The molecule has 1 amide bonds. The lowest BCUT2D eigenvalue weighted by Crippen LogP contribution is -2.49. The Morgan fingerprint density at radius 2 is 1.62 bits per heavy atom. The van der Waals surface area contributed by atoms with Crippen LogP contribution in [0.2, 0.25) is 0 Å². The number of nitrogens with one attached hydrogen (secondary N) is 1. The van der Waals surface area contributed by atoms with E-state index in [0.29, 0.717) is 19.6 Å². The molecule has 1 aliphatic heterocycles. The summed E-state index contributed by atoms with van der Waals surface area (Å²) in [4.78, 5) is 16.7. The van der Waals surface area contributed by atoms with Crippen LogP contribution in [0.1, 0.15) is 22.5 Å². The Bertz CT molecular complexity index is 1090. The van der Waals surface area contributed by atoms with Gasteiger partial charge in [-0.05, 0) is 42.8 Å². The van der Waals surface area contributed by atoms with Gasteiger partial charge in [-0.1, -0.05) is 30.3 Å². The first-order valence-electron chi connectivity index (χ1n) is 11.3. The summed E-state index contributed by atoms with van der Waals surface area (Å²) in [6.45, 7) is 6.24. The fourth-order valence-electron chi connectivity index (χ4n) is 4.07. The molecule has 0 aliphatic carbocycles. The van der Waals surface area contributed by atoms with Gasteiger partial charge < -0.3 is 5.32 Å². The van der Waals surface area contributed by atoms with Gasteiger partial charge in [0.1, 0.15) is 0 Å². The maximum atomic E-state index is 12.7. The van der Waals surface area contributed by atoms with Crippen LogP contribution in [-0.2, 0) is 24.1 Å². The van der Waals surface area contributed by atoms with Gasteiger partial charge in [-0.15, -0.1) is 0 Å². The molecule has 0 saturated carbocycles. The summed E-state index contributed by atoms with van der Waals surface area (Å²) < 4.78 is 40.0. The number of piperazine rings is 1. The number of aromatic nitrogens is 2. The second-order valence-corrected chi connectivity index (χ2v) is 8.55. The van der Waals surface area contributed by atoms with Crippen molar-refractivity contribution in [2.45, 2.75) is 26.2 Å². The third-order valence-electron chi connectivity index (χ3n) is 5.93. The smallest absolute Gasteiger partial charge is 0.349 e. The number of carbonyl (C=O) groups excluding carboxylic acids is 1. The molecule has 3 aromatic rings. The molecule has 34 heavy (non-hydrogen) atoms. The zero-order valence-electron chi connectivity index (χ0n) is 19.1. The molecule has 0 unspecified atom stereocenters. The Morgan fingerprint density at radius 3 is 2.26 bits per heavy atom. The van der Waals surface area contributed by atoms with Crippen LogP contribution < -0.4 is 5.32 Å². The Labute approximate surface area is 197 Å². The summed E-state index contributed by atoms with van der Waals surface area (Å²) in [6.07, 6.45) is -4.31. The Kier molecular flexibility index (Phi) is 7.33. The molecule has 4 rings (SSSR count). The topological polar surface area (TPSA) is 53.4 Å². The number of alkyl halides is 3. The lowest BCUT2D eigenvalue weighted by molar-refractivity contribution is -0.137. The molecule has 6 nitrogen and oxygen atoms in total. The SMILES string of the molecule is Cc1cc(CNC(=O)CN2CCN(Cc3ccc(C(F)(F)F)cc3)CC2)nn1-c1ccccc1. The van der Waals surface area contributed by atoms with Crippen LogP contribution >= 0.6 is 0 Å². The van der Waals surface area contributed by atoms with E-state index < -0.39 is 11.7 Å². The fourth-order valence-corrected chi connectivity index (χ4v) is 4.07. The van der Waals surface area contributed by atoms with Crippen LogP contribution in [0.15, 0.2) is 60.7 Å². The van der Waals surface area contributed by atoms with E-state index in [1.54, 1.807) is 0 Å². The highest BCUT2D eigenvalue weighted by atomic mass is 19.4. The zero-order valence-corrected chi connectivity index (χ0v) is 19.1. The second kappa shape index (κ2) is 10.4. The van der Waals surface area contributed by atoms with Gasteiger partial charge in [0.25, 0.3) is 0 Å².